The van der Waals surface area contributed by atoms with Crippen LogP contribution in [0, 0.1) is 0 Å². The molecule has 0 saturated carbocycles. The highest BCUT2D eigenvalue weighted by atomic mass is 16.1. The zero-order valence-corrected chi connectivity index (χ0v) is 13.1. The lowest BCUT2D eigenvalue weighted by molar-refractivity contribution is -0.0979. The summed E-state index contributed by atoms with van der Waals surface area (Å²) >= 11 is 0. The molecule has 0 aliphatic carbocycles. The largest absolute Gasteiger partial charge is 0.368 e. The molecule has 0 saturated heterocycles. The van der Waals surface area contributed by atoms with Crippen LogP contribution < -0.4 is 28.7 Å². The van der Waals surface area contributed by atoms with Crippen LogP contribution in [0.1, 0.15) is 0 Å². The summed E-state index contributed by atoms with van der Waals surface area (Å²) in [6.45, 7) is 2.00. The van der Waals surface area contributed by atoms with Crippen molar-refractivity contribution >= 4 is 36.5 Å². The van der Waals surface area contributed by atoms with Gasteiger partial charge in [0.1, 0.15) is 6.79 Å². The van der Waals surface area contributed by atoms with Crippen LogP contribution in [0.3, 0.4) is 0 Å². The van der Waals surface area contributed by atoms with Crippen molar-refractivity contribution in [3.05, 3.63) is 30.3 Å². The zero-order valence-electron chi connectivity index (χ0n) is 13.1. The third-order valence-electron chi connectivity index (χ3n) is 2.39. The molecule has 0 radical (unpaired) electrons. The molecule has 0 spiro atoms. The molecular weight excluding hydrogens is 326 g/mol. The molecule has 3 aromatic rings. The Labute approximate surface area is 142 Å². The normalized spacial score (nSPS) is 9.12. The first kappa shape index (κ1) is 19.0. The zero-order chi connectivity index (χ0) is 18.8. The fourth-order valence-electron chi connectivity index (χ4n) is 1.55. The van der Waals surface area contributed by atoms with Gasteiger partial charge < -0.3 is 33.5 Å². The van der Waals surface area contributed by atoms with Gasteiger partial charge in [0.2, 0.25) is 29.7 Å². The van der Waals surface area contributed by atoms with Crippen molar-refractivity contribution in [2.75, 3.05) is 28.7 Å². The van der Waals surface area contributed by atoms with Crippen LogP contribution in [-0.2, 0) is 4.79 Å². The number of carbonyl (C=O) groups excluding carboxylic acids is 1. The van der Waals surface area contributed by atoms with Gasteiger partial charge in [0, 0.05) is 5.56 Å². The molecule has 10 N–H and O–H groups in total. The van der Waals surface area contributed by atoms with Gasteiger partial charge in [0.05, 0.1) is 0 Å². The molecule has 2 aromatic heterocycles. The number of hydrogen-bond acceptors (Lipinski definition) is 12. The van der Waals surface area contributed by atoms with Crippen molar-refractivity contribution in [1.82, 2.24) is 29.9 Å². The molecule has 0 atom stereocenters. The van der Waals surface area contributed by atoms with Gasteiger partial charge in [-0.3, -0.25) is 0 Å². The Morgan fingerprint density at radius 1 is 0.560 bits per heavy atom. The van der Waals surface area contributed by atoms with E-state index in [1.54, 1.807) is 0 Å². The first-order chi connectivity index (χ1) is 11.9. The van der Waals surface area contributed by atoms with Crippen LogP contribution >= 0.6 is 0 Å². The van der Waals surface area contributed by atoms with Gasteiger partial charge in [-0.05, 0) is 0 Å². The first-order valence-corrected chi connectivity index (χ1v) is 6.58. The van der Waals surface area contributed by atoms with Gasteiger partial charge in [0.15, 0.2) is 5.82 Å². The molecule has 25 heavy (non-hydrogen) atoms. The number of nitrogen functional groups attached to an aromatic ring is 5. The number of nitrogens with two attached hydrogens (primary N) is 5. The fraction of sp³-hybridized carbons (Fsp3) is 0. The maximum absolute atomic E-state index is 8.00. The topological polar surface area (TPSA) is 225 Å². The number of carbonyl (C=O) groups is 1. The summed E-state index contributed by atoms with van der Waals surface area (Å²) in [5.74, 6) is 0.892. The molecule has 12 heteroatoms. The number of rotatable bonds is 1. The Balaban J connectivity index is 0.000000246. The van der Waals surface area contributed by atoms with E-state index in [9.17, 15) is 0 Å². The molecule has 130 valence electrons. The van der Waals surface area contributed by atoms with E-state index < -0.39 is 0 Å². The van der Waals surface area contributed by atoms with Crippen molar-refractivity contribution < 1.29 is 4.79 Å². The van der Waals surface area contributed by atoms with Crippen molar-refractivity contribution in [2.45, 2.75) is 0 Å². The van der Waals surface area contributed by atoms with Gasteiger partial charge in [0.25, 0.3) is 0 Å². The summed E-state index contributed by atoms with van der Waals surface area (Å²) in [4.78, 5) is 30.1. The Hall–Kier alpha value is -4.09. The minimum Gasteiger partial charge on any atom is -0.368 e. The average molecular weight is 343 g/mol. The monoisotopic (exact) mass is 343 g/mol. The molecule has 0 unspecified atom stereocenters. The molecule has 0 bridgehead atoms. The smallest absolute Gasteiger partial charge is 0.226 e. The number of anilines is 5. The van der Waals surface area contributed by atoms with Gasteiger partial charge in [-0.2, -0.15) is 29.9 Å². The molecule has 2 heterocycles. The molecular formula is C13H17N11O. The van der Waals surface area contributed by atoms with Crippen LogP contribution in [-0.4, -0.2) is 36.7 Å². The second-order valence-electron chi connectivity index (χ2n) is 4.15. The molecule has 12 nitrogen and oxygen atoms in total. The van der Waals surface area contributed by atoms with E-state index in [1.165, 1.54) is 0 Å². The van der Waals surface area contributed by atoms with Crippen LogP contribution in [0.5, 0.6) is 0 Å². The van der Waals surface area contributed by atoms with E-state index in [2.05, 4.69) is 29.9 Å². The summed E-state index contributed by atoms with van der Waals surface area (Å²) in [6, 6.07) is 9.47. The van der Waals surface area contributed by atoms with Gasteiger partial charge >= 0.3 is 0 Å². The van der Waals surface area contributed by atoms with Crippen molar-refractivity contribution in [1.29, 1.82) is 0 Å². The Morgan fingerprint density at radius 2 is 0.880 bits per heavy atom. The Kier molecular flexibility index (Phi) is 6.93. The van der Waals surface area contributed by atoms with E-state index >= 15 is 0 Å². The molecule has 3 rings (SSSR count). The lowest BCUT2D eigenvalue weighted by Gasteiger charge is -2.00. The average Bonchev–Trinajstić information content (AvgIpc) is 2.56. The highest BCUT2D eigenvalue weighted by molar-refractivity contribution is 5.56. The van der Waals surface area contributed by atoms with Crippen LogP contribution in [0.2, 0.25) is 0 Å². The fourth-order valence-corrected chi connectivity index (χ4v) is 1.55. The van der Waals surface area contributed by atoms with E-state index in [0.717, 1.165) is 5.56 Å². The van der Waals surface area contributed by atoms with Gasteiger partial charge in [-0.1, -0.05) is 30.3 Å². The summed E-state index contributed by atoms with van der Waals surface area (Å²) in [5.41, 5.74) is 27.2. The highest BCUT2D eigenvalue weighted by Crippen LogP contribution is 2.14. The Bertz CT molecular complexity index is 742. The predicted molar refractivity (Wildman–Crippen MR) is 94.3 cm³/mol. The lowest BCUT2D eigenvalue weighted by atomic mass is 10.2. The molecule has 0 aliphatic rings. The molecule has 0 aliphatic heterocycles. The number of nitrogens with zero attached hydrogens (tertiary/aromatic N) is 6. The van der Waals surface area contributed by atoms with Crippen LogP contribution in [0.15, 0.2) is 30.3 Å². The van der Waals surface area contributed by atoms with E-state index in [-0.39, 0.29) is 29.7 Å². The van der Waals surface area contributed by atoms with Gasteiger partial charge in [-0.15, -0.1) is 0 Å². The van der Waals surface area contributed by atoms with Crippen LogP contribution in [0.25, 0.3) is 11.4 Å². The van der Waals surface area contributed by atoms with Gasteiger partial charge in [-0.25, -0.2) is 0 Å². The number of benzene rings is 1. The summed E-state index contributed by atoms with van der Waals surface area (Å²) < 4.78 is 0. The summed E-state index contributed by atoms with van der Waals surface area (Å²) in [5, 5.41) is 0. The molecule has 1 aromatic carbocycles. The Morgan fingerprint density at radius 3 is 1.24 bits per heavy atom. The maximum Gasteiger partial charge on any atom is 0.226 e. The minimum atomic E-state index is 0.0417. The standard InChI is InChI=1S/C9H9N5.C3H6N6.CH2O/c10-8-12-7(13-9(11)14-8)6-4-2-1-3-5-6;4-1-7-2(5)9-3(6)8-1;1-2/h1-5H,(H4,10,11,12,13,14);(H6,4,5,6,7,8,9);1H2. The third kappa shape index (κ3) is 6.27. The maximum atomic E-state index is 8.00. The van der Waals surface area contributed by atoms with E-state index in [0.29, 0.717) is 5.82 Å². The van der Waals surface area contributed by atoms with Crippen molar-refractivity contribution in [2.24, 2.45) is 0 Å². The lowest BCUT2D eigenvalue weighted by Crippen LogP contribution is -2.05. The quantitative estimate of drug-likeness (QED) is 0.363. The van der Waals surface area contributed by atoms with E-state index in [1.807, 2.05) is 37.1 Å². The summed E-state index contributed by atoms with van der Waals surface area (Å²) in [7, 11) is 0. The minimum absolute atomic E-state index is 0.0417. The number of aromatic nitrogens is 6. The molecule has 0 fully saturated rings. The second kappa shape index (κ2) is 9.14. The predicted octanol–water partition coefficient (Wildman–Crippen LogP) is -0.864. The van der Waals surface area contributed by atoms with Crippen molar-refractivity contribution in [3.63, 3.8) is 0 Å². The van der Waals surface area contributed by atoms with Crippen molar-refractivity contribution in [3.8, 4) is 11.4 Å². The summed E-state index contributed by atoms with van der Waals surface area (Å²) in [6.07, 6.45) is 0. The highest BCUT2D eigenvalue weighted by Gasteiger charge is 2.03. The SMILES string of the molecule is C=O.Nc1nc(N)nc(-c2ccccc2)n1.Nc1nc(N)nc(N)n1. The van der Waals surface area contributed by atoms with E-state index in [4.69, 9.17) is 33.5 Å². The molecule has 0 amide bonds. The van der Waals surface area contributed by atoms with Crippen LogP contribution in [0.4, 0.5) is 29.7 Å². The second-order valence-corrected chi connectivity index (χ2v) is 4.15. The number of hydrogen-bond donors (Lipinski definition) is 5. The first-order valence-electron chi connectivity index (χ1n) is 6.58. The third-order valence-corrected chi connectivity index (χ3v) is 2.39.